The molecule has 0 atom stereocenters. The summed E-state index contributed by atoms with van der Waals surface area (Å²) in [6.07, 6.45) is 0.345. The van der Waals surface area contributed by atoms with Crippen LogP contribution >= 0.6 is 0 Å². The van der Waals surface area contributed by atoms with Gasteiger partial charge in [0.05, 0.1) is 6.61 Å². The predicted molar refractivity (Wildman–Crippen MR) is 47.1 cm³/mol. The zero-order valence-electron chi connectivity index (χ0n) is 7.15. The highest BCUT2D eigenvalue weighted by atomic mass is 16.5. The van der Waals surface area contributed by atoms with Crippen molar-refractivity contribution in [2.75, 3.05) is 11.9 Å². The minimum Gasteiger partial charge on any atom is -0.494 e. The van der Waals surface area contributed by atoms with Crippen molar-refractivity contribution in [1.29, 1.82) is 0 Å². The molecule has 0 saturated heterocycles. The number of amides is 1. The van der Waals surface area contributed by atoms with Crippen LogP contribution in [-0.2, 0) is 0 Å². The van der Waals surface area contributed by atoms with E-state index < -0.39 is 6.09 Å². The smallest absolute Gasteiger partial charge is 0.410 e. The molecule has 0 bridgehead atoms. The number of hydrogen-bond donors (Lipinski definition) is 2. The van der Waals surface area contributed by atoms with Crippen molar-refractivity contribution < 1.29 is 14.6 Å². The maximum atomic E-state index is 10.2. The molecule has 1 amide bonds. The fourth-order valence-corrected chi connectivity index (χ4v) is 0.846. The van der Waals surface area contributed by atoms with E-state index >= 15 is 0 Å². The summed E-state index contributed by atoms with van der Waals surface area (Å²) in [5, 5.41) is 10.5. The Hall–Kier alpha value is -1.78. The molecule has 0 saturated carbocycles. The lowest BCUT2D eigenvalue weighted by Crippen LogP contribution is -2.08. The number of carbonyl (C=O) groups is 1. The molecular weight excluding hydrogens is 172 g/mol. The van der Waals surface area contributed by atoms with Crippen LogP contribution in [0.3, 0.4) is 0 Å². The van der Waals surface area contributed by atoms with Crippen LogP contribution in [0.2, 0.25) is 0 Å². The highest BCUT2D eigenvalue weighted by Crippen LogP contribution is 2.13. The van der Waals surface area contributed by atoms with Crippen LogP contribution in [0.1, 0.15) is 6.92 Å². The molecule has 1 rings (SSSR count). The van der Waals surface area contributed by atoms with Crippen LogP contribution in [0.15, 0.2) is 18.3 Å². The highest BCUT2D eigenvalue weighted by molar-refractivity contribution is 5.81. The number of pyridine rings is 1. The van der Waals surface area contributed by atoms with Crippen LogP contribution in [0.25, 0.3) is 0 Å². The Morgan fingerprint density at radius 2 is 2.54 bits per heavy atom. The molecule has 5 heteroatoms. The van der Waals surface area contributed by atoms with Gasteiger partial charge in [0.15, 0.2) is 0 Å². The SMILES string of the molecule is CCOc1ccnc(NC(=O)O)c1. The monoisotopic (exact) mass is 182 g/mol. The van der Waals surface area contributed by atoms with Gasteiger partial charge in [0.1, 0.15) is 11.6 Å². The summed E-state index contributed by atoms with van der Waals surface area (Å²) in [5.41, 5.74) is 0. The van der Waals surface area contributed by atoms with Crippen LogP contribution in [0, 0.1) is 0 Å². The number of nitrogens with one attached hydrogen (secondary N) is 1. The minimum absolute atomic E-state index is 0.262. The molecule has 1 heterocycles. The van der Waals surface area contributed by atoms with Gasteiger partial charge in [-0.15, -0.1) is 0 Å². The normalized spacial score (nSPS) is 9.31. The van der Waals surface area contributed by atoms with Gasteiger partial charge in [0.25, 0.3) is 0 Å². The maximum Gasteiger partial charge on any atom is 0.410 e. The van der Waals surface area contributed by atoms with Crippen LogP contribution in [-0.4, -0.2) is 22.8 Å². The Labute approximate surface area is 75.4 Å². The Bertz CT molecular complexity index is 301. The van der Waals surface area contributed by atoms with Crippen molar-refractivity contribution in [2.45, 2.75) is 6.92 Å². The topological polar surface area (TPSA) is 71.5 Å². The van der Waals surface area contributed by atoms with E-state index in [2.05, 4.69) is 10.3 Å². The Kier molecular flexibility index (Phi) is 3.08. The van der Waals surface area contributed by atoms with E-state index in [0.717, 1.165) is 0 Å². The lowest BCUT2D eigenvalue weighted by Gasteiger charge is -2.04. The number of ether oxygens (including phenoxy) is 1. The summed E-state index contributed by atoms with van der Waals surface area (Å²) in [6.45, 7) is 2.39. The number of carboxylic acid groups (broad SMARTS) is 1. The quantitative estimate of drug-likeness (QED) is 0.744. The van der Waals surface area contributed by atoms with Gasteiger partial charge in [-0.05, 0) is 13.0 Å². The van der Waals surface area contributed by atoms with E-state index in [1.54, 1.807) is 6.07 Å². The van der Waals surface area contributed by atoms with Gasteiger partial charge in [-0.1, -0.05) is 0 Å². The predicted octanol–water partition coefficient (Wildman–Crippen LogP) is 1.57. The van der Waals surface area contributed by atoms with Crippen molar-refractivity contribution in [3.05, 3.63) is 18.3 Å². The molecule has 0 aromatic carbocycles. The third kappa shape index (κ3) is 2.98. The summed E-state index contributed by atoms with van der Waals surface area (Å²) < 4.78 is 5.16. The standard InChI is InChI=1S/C8H10N2O3/c1-2-13-6-3-4-9-7(5-6)10-8(11)12/h3-5H,2H2,1H3,(H,9,10)(H,11,12). The number of hydrogen-bond acceptors (Lipinski definition) is 3. The van der Waals surface area contributed by atoms with Gasteiger partial charge in [-0.25, -0.2) is 9.78 Å². The molecule has 70 valence electrons. The van der Waals surface area contributed by atoms with Crippen molar-refractivity contribution in [3.8, 4) is 5.75 Å². The molecule has 0 aliphatic heterocycles. The van der Waals surface area contributed by atoms with Gasteiger partial charge in [-0.2, -0.15) is 0 Å². The van der Waals surface area contributed by atoms with E-state index in [-0.39, 0.29) is 5.82 Å². The minimum atomic E-state index is -1.14. The second-order valence-corrected chi connectivity index (χ2v) is 2.24. The van der Waals surface area contributed by atoms with E-state index in [9.17, 15) is 4.79 Å². The molecule has 1 aromatic rings. The van der Waals surface area contributed by atoms with Gasteiger partial charge in [0, 0.05) is 12.3 Å². The van der Waals surface area contributed by atoms with Crippen molar-refractivity contribution >= 4 is 11.9 Å². The van der Waals surface area contributed by atoms with Gasteiger partial charge >= 0.3 is 6.09 Å². The van der Waals surface area contributed by atoms with Gasteiger partial charge in [-0.3, -0.25) is 5.32 Å². The van der Waals surface area contributed by atoms with Crippen molar-refractivity contribution in [1.82, 2.24) is 4.98 Å². The first-order valence-corrected chi connectivity index (χ1v) is 3.81. The first-order valence-electron chi connectivity index (χ1n) is 3.81. The number of anilines is 1. The van der Waals surface area contributed by atoms with Crippen LogP contribution in [0.4, 0.5) is 10.6 Å². The lowest BCUT2D eigenvalue weighted by atomic mass is 10.4. The Balaban J connectivity index is 2.73. The molecule has 0 fully saturated rings. The molecule has 0 aliphatic carbocycles. The summed E-state index contributed by atoms with van der Waals surface area (Å²) in [6, 6.07) is 3.19. The first kappa shape index (κ1) is 9.31. The summed E-state index contributed by atoms with van der Waals surface area (Å²) >= 11 is 0. The van der Waals surface area contributed by atoms with E-state index in [0.29, 0.717) is 12.4 Å². The first-order chi connectivity index (χ1) is 6.22. The van der Waals surface area contributed by atoms with Crippen molar-refractivity contribution in [3.63, 3.8) is 0 Å². The van der Waals surface area contributed by atoms with E-state index in [1.165, 1.54) is 12.3 Å². The fourth-order valence-electron chi connectivity index (χ4n) is 0.846. The molecule has 2 N–H and O–H groups in total. The fraction of sp³-hybridized carbons (Fsp3) is 0.250. The number of aromatic nitrogens is 1. The summed E-state index contributed by atoms with van der Waals surface area (Å²) in [4.78, 5) is 14.0. The van der Waals surface area contributed by atoms with E-state index in [1.807, 2.05) is 6.92 Å². The summed E-state index contributed by atoms with van der Waals surface area (Å²) in [5.74, 6) is 0.861. The molecular formula is C8H10N2O3. The summed E-state index contributed by atoms with van der Waals surface area (Å²) in [7, 11) is 0. The zero-order chi connectivity index (χ0) is 9.68. The second-order valence-electron chi connectivity index (χ2n) is 2.24. The number of rotatable bonds is 3. The molecule has 0 aliphatic rings. The molecule has 5 nitrogen and oxygen atoms in total. The average Bonchev–Trinajstić information content (AvgIpc) is 2.04. The molecule has 0 radical (unpaired) electrons. The zero-order valence-corrected chi connectivity index (χ0v) is 7.15. The molecule has 0 spiro atoms. The third-order valence-corrected chi connectivity index (χ3v) is 1.28. The van der Waals surface area contributed by atoms with Gasteiger partial charge in [0.2, 0.25) is 0 Å². The van der Waals surface area contributed by atoms with Crippen molar-refractivity contribution in [2.24, 2.45) is 0 Å². The largest absolute Gasteiger partial charge is 0.494 e. The Morgan fingerprint density at radius 1 is 1.77 bits per heavy atom. The second kappa shape index (κ2) is 4.30. The molecule has 13 heavy (non-hydrogen) atoms. The van der Waals surface area contributed by atoms with E-state index in [4.69, 9.17) is 9.84 Å². The maximum absolute atomic E-state index is 10.2. The third-order valence-electron chi connectivity index (χ3n) is 1.28. The molecule has 1 aromatic heterocycles. The van der Waals surface area contributed by atoms with Gasteiger partial charge < -0.3 is 9.84 Å². The van der Waals surface area contributed by atoms with Crippen LogP contribution < -0.4 is 10.1 Å². The molecule has 0 unspecified atom stereocenters. The average molecular weight is 182 g/mol. The Morgan fingerprint density at radius 3 is 3.15 bits per heavy atom. The van der Waals surface area contributed by atoms with Crippen LogP contribution in [0.5, 0.6) is 5.75 Å². The number of nitrogens with zero attached hydrogens (tertiary/aromatic N) is 1. The lowest BCUT2D eigenvalue weighted by molar-refractivity contribution is 0.209. The highest BCUT2D eigenvalue weighted by Gasteiger charge is 2.00.